The van der Waals surface area contributed by atoms with Gasteiger partial charge in [0.15, 0.2) is 5.82 Å². The minimum Gasteiger partial charge on any atom is -0.349 e. The van der Waals surface area contributed by atoms with Crippen molar-refractivity contribution in [3.8, 4) is 0 Å². The molecule has 2 unspecified atom stereocenters. The van der Waals surface area contributed by atoms with Crippen molar-refractivity contribution < 1.29 is 22.6 Å². The Balaban J connectivity index is 1.48. The van der Waals surface area contributed by atoms with Crippen LogP contribution in [0, 0.1) is 5.92 Å². The van der Waals surface area contributed by atoms with E-state index in [9.17, 15) is 22.6 Å². The molecule has 208 valence electrons. The molecule has 5 rings (SSSR count). The Morgan fingerprint density at radius 1 is 1.10 bits per heavy atom. The van der Waals surface area contributed by atoms with Gasteiger partial charge in [-0.25, -0.2) is 9.99 Å². The maximum Gasteiger partial charge on any atom is 0.296 e. The van der Waals surface area contributed by atoms with Gasteiger partial charge in [0.05, 0.1) is 22.0 Å². The molecule has 2 atom stereocenters. The van der Waals surface area contributed by atoms with Gasteiger partial charge < -0.3 is 10.6 Å². The highest BCUT2D eigenvalue weighted by molar-refractivity contribution is 7.86. The minimum atomic E-state index is -4.64. The van der Waals surface area contributed by atoms with Crippen molar-refractivity contribution in [1.29, 1.82) is 0 Å². The summed E-state index contributed by atoms with van der Waals surface area (Å²) in [6.45, 7) is 1.93. The number of hydrogen-bond donors (Lipinski definition) is 3. The van der Waals surface area contributed by atoms with Crippen molar-refractivity contribution in [1.82, 2.24) is 15.3 Å². The lowest BCUT2D eigenvalue weighted by Crippen LogP contribution is -2.40. The lowest BCUT2D eigenvalue weighted by Gasteiger charge is -2.23. The van der Waals surface area contributed by atoms with Crippen molar-refractivity contribution in [2.45, 2.75) is 43.2 Å². The van der Waals surface area contributed by atoms with Crippen LogP contribution < -0.4 is 15.6 Å². The van der Waals surface area contributed by atoms with E-state index in [2.05, 4.69) is 25.7 Å². The summed E-state index contributed by atoms with van der Waals surface area (Å²) in [6, 6.07) is 9.19. The molecule has 14 heteroatoms. The first-order chi connectivity index (χ1) is 19.0. The van der Waals surface area contributed by atoms with E-state index < -0.39 is 27.0 Å². The number of aromatic nitrogens is 2. The van der Waals surface area contributed by atoms with Crippen LogP contribution in [0.25, 0.3) is 0 Å². The smallest absolute Gasteiger partial charge is 0.296 e. The Labute approximate surface area is 240 Å². The third-order valence-electron chi connectivity index (χ3n) is 6.66. The molecule has 0 radical (unpaired) electrons. The molecule has 40 heavy (non-hydrogen) atoms. The zero-order chi connectivity index (χ0) is 28.6. The highest BCUT2D eigenvalue weighted by Gasteiger charge is 2.38. The fourth-order valence-corrected chi connectivity index (χ4v) is 5.49. The third kappa shape index (κ3) is 5.94. The molecular formula is C26H24Cl2N6O5S. The number of nitrogens with zero attached hydrogens (tertiary/aromatic N) is 4. The topological polar surface area (TPSA) is 154 Å². The van der Waals surface area contributed by atoms with Gasteiger partial charge in [-0.05, 0) is 68.1 Å². The summed E-state index contributed by atoms with van der Waals surface area (Å²) in [5.74, 6) is -0.380. The van der Waals surface area contributed by atoms with Crippen LogP contribution in [0.15, 0.2) is 64.9 Å². The van der Waals surface area contributed by atoms with Gasteiger partial charge in [-0.2, -0.15) is 13.5 Å². The molecule has 0 saturated heterocycles. The van der Waals surface area contributed by atoms with Crippen LogP contribution >= 0.6 is 23.2 Å². The molecule has 1 fully saturated rings. The Kier molecular flexibility index (Phi) is 7.78. The molecule has 3 heterocycles. The Hall–Kier alpha value is -3.58. The lowest BCUT2D eigenvalue weighted by molar-refractivity contribution is -0.117. The molecule has 3 N–H and O–H groups in total. The Morgan fingerprint density at radius 2 is 1.82 bits per heavy atom. The monoisotopic (exact) mass is 602 g/mol. The molecule has 11 nitrogen and oxygen atoms in total. The van der Waals surface area contributed by atoms with E-state index in [0.29, 0.717) is 10.9 Å². The summed E-state index contributed by atoms with van der Waals surface area (Å²) in [5, 5.41) is 12.0. The molecule has 0 bridgehead atoms. The van der Waals surface area contributed by atoms with Crippen LogP contribution in [0.1, 0.15) is 42.2 Å². The second-order valence-corrected chi connectivity index (χ2v) is 11.8. The zero-order valence-corrected chi connectivity index (χ0v) is 23.4. The summed E-state index contributed by atoms with van der Waals surface area (Å²) < 4.78 is 33.8. The highest BCUT2D eigenvalue weighted by atomic mass is 35.5. The number of pyridine rings is 2. The van der Waals surface area contributed by atoms with Gasteiger partial charge in [0.1, 0.15) is 16.6 Å². The molecule has 1 saturated carbocycles. The van der Waals surface area contributed by atoms with E-state index in [0.717, 1.165) is 12.8 Å². The van der Waals surface area contributed by atoms with Gasteiger partial charge in [-0.15, -0.1) is 0 Å². The average Bonchev–Trinajstić information content (AvgIpc) is 3.68. The van der Waals surface area contributed by atoms with Gasteiger partial charge in [0, 0.05) is 29.9 Å². The van der Waals surface area contributed by atoms with Crippen molar-refractivity contribution in [3.63, 3.8) is 0 Å². The second kappa shape index (κ2) is 11.1. The van der Waals surface area contributed by atoms with Gasteiger partial charge >= 0.3 is 0 Å². The predicted molar refractivity (Wildman–Crippen MR) is 150 cm³/mol. The summed E-state index contributed by atoms with van der Waals surface area (Å²) >= 11 is 12.5. The fourth-order valence-electron chi connectivity index (χ4n) is 4.44. The van der Waals surface area contributed by atoms with Crippen LogP contribution in [0.4, 0.5) is 11.5 Å². The summed E-state index contributed by atoms with van der Waals surface area (Å²) in [5.41, 5.74) is 0.417. The van der Waals surface area contributed by atoms with Crippen molar-refractivity contribution >= 4 is 62.4 Å². The third-order valence-corrected chi connectivity index (χ3v) is 8.08. The molecule has 3 aromatic rings. The van der Waals surface area contributed by atoms with Crippen molar-refractivity contribution in [3.05, 3.63) is 76.2 Å². The molecule has 2 aliphatic rings. The van der Waals surface area contributed by atoms with E-state index in [-0.39, 0.29) is 51.9 Å². The van der Waals surface area contributed by atoms with E-state index in [1.165, 1.54) is 41.7 Å². The molecule has 0 spiro atoms. The number of hydrazone groups is 1. The van der Waals surface area contributed by atoms with Crippen LogP contribution in [-0.2, 0) is 14.9 Å². The van der Waals surface area contributed by atoms with Crippen LogP contribution in [0.5, 0.6) is 0 Å². The predicted octanol–water partition coefficient (Wildman–Crippen LogP) is 4.18. The first kappa shape index (κ1) is 28.0. The number of amides is 2. The molecule has 2 amide bonds. The lowest BCUT2D eigenvalue weighted by atomic mass is 10.1. The number of carbonyl (C=O) groups excluding carboxylic acids is 2. The molecular weight excluding hydrogens is 579 g/mol. The quantitative estimate of drug-likeness (QED) is 0.324. The number of carbonyl (C=O) groups is 2. The number of halogens is 2. The molecule has 2 aromatic heterocycles. The number of hydrogen-bond acceptors (Lipinski definition) is 8. The van der Waals surface area contributed by atoms with Crippen LogP contribution in [-0.4, -0.2) is 52.5 Å². The second-order valence-electron chi connectivity index (χ2n) is 9.52. The average molecular weight is 603 g/mol. The number of anilines is 2. The zero-order valence-electron chi connectivity index (χ0n) is 21.1. The first-order valence-electron chi connectivity index (χ1n) is 12.3. The summed E-state index contributed by atoms with van der Waals surface area (Å²) in [4.78, 5) is 34.7. The largest absolute Gasteiger partial charge is 0.349 e. The van der Waals surface area contributed by atoms with Gasteiger partial charge in [-0.1, -0.05) is 23.2 Å². The van der Waals surface area contributed by atoms with E-state index >= 15 is 0 Å². The van der Waals surface area contributed by atoms with E-state index in [4.69, 9.17) is 23.2 Å². The minimum absolute atomic E-state index is 0.0296. The van der Waals surface area contributed by atoms with E-state index in [1.54, 1.807) is 18.2 Å². The number of rotatable bonds is 8. The van der Waals surface area contributed by atoms with E-state index in [1.807, 2.05) is 6.92 Å². The standard InChI is InChI=1S/C26H24Cl2N6O5S/c1-14(15-6-7-15)31-25(35)17-12-16(27)8-9-19(17)32-26(36)21-13-20(23-22(40(37,38)39)5-3-10-29-23)33-34(21)24-18(28)4-2-11-30-24/h2-5,8-12,14-15,21H,6-7,13H2,1H3,(H,31,35)(H,32,36)(H,37,38,39). The maximum absolute atomic E-state index is 13.7. The Bertz CT molecular complexity index is 1630. The van der Waals surface area contributed by atoms with Crippen LogP contribution in [0.2, 0.25) is 10.0 Å². The highest BCUT2D eigenvalue weighted by Crippen LogP contribution is 2.34. The summed E-state index contributed by atoms with van der Waals surface area (Å²) in [7, 11) is -4.64. The van der Waals surface area contributed by atoms with Crippen LogP contribution in [0.3, 0.4) is 0 Å². The van der Waals surface area contributed by atoms with Gasteiger partial charge in [0.25, 0.3) is 16.0 Å². The molecule has 1 aliphatic carbocycles. The molecule has 1 aliphatic heterocycles. The SMILES string of the molecule is CC(NC(=O)c1cc(Cl)ccc1NC(=O)C1CC(c2ncccc2S(=O)(=O)O)=NN1c1ncccc1Cl)C1CC1. The fraction of sp³-hybridized carbons (Fsp3) is 0.269. The number of nitrogens with one attached hydrogen (secondary N) is 2. The first-order valence-corrected chi connectivity index (χ1v) is 14.5. The summed E-state index contributed by atoms with van der Waals surface area (Å²) in [6.07, 6.45) is 4.81. The normalized spacial score (nSPS) is 17.8. The maximum atomic E-state index is 13.7. The van der Waals surface area contributed by atoms with Crippen molar-refractivity contribution in [2.75, 3.05) is 10.3 Å². The van der Waals surface area contributed by atoms with Gasteiger partial charge in [0.2, 0.25) is 5.91 Å². The number of benzene rings is 1. The Morgan fingerprint density at radius 3 is 2.52 bits per heavy atom. The van der Waals surface area contributed by atoms with Gasteiger partial charge in [-0.3, -0.25) is 19.1 Å². The van der Waals surface area contributed by atoms with Crippen molar-refractivity contribution in [2.24, 2.45) is 11.0 Å². The molecule has 1 aromatic carbocycles.